The van der Waals surface area contributed by atoms with Crippen LogP contribution in [0.4, 0.5) is 5.69 Å². The summed E-state index contributed by atoms with van der Waals surface area (Å²) in [5.41, 5.74) is 6.03. The maximum Gasteiger partial charge on any atom is 0.245 e. The molecule has 0 radical (unpaired) electrons. The van der Waals surface area contributed by atoms with Crippen LogP contribution in [0.15, 0.2) is 29.2 Å². The van der Waals surface area contributed by atoms with E-state index in [0.29, 0.717) is 12.2 Å². The molecule has 1 aliphatic rings. The van der Waals surface area contributed by atoms with Crippen molar-refractivity contribution in [1.29, 1.82) is 0 Å². The summed E-state index contributed by atoms with van der Waals surface area (Å²) in [6, 6.07) is 6.69. The minimum Gasteiger partial charge on any atom is -0.398 e. The Morgan fingerprint density at radius 3 is 2.62 bits per heavy atom. The van der Waals surface area contributed by atoms with Crippen LogP contribution in [0.25, 0.3) is 0 Å². The Morgan fingerprint density at radius 2 is 2.06 bits per heavy atom. The SMILES string of the molecule is CC1CCCN1S(=O)(=O)c1ccccc1N. The van der Waals surface area contributed by atoms with Crippen molar-refractivity contribution in [1.82, 2.24) is 4.31 Å². The van der Waals surface area contributed by atoms with Gasteiger partial charge >= 0.3 is 0 Å². The molecule has 1 fully saturated rings. The van der Waals surface area contributed by atoms with Gasteiger partial charge in [-0.15, -0.1) is 0 Å². The van der Waals surface area contributed by atoms with E-state index in [0.717, 1.165) is 12.8 Å². The number of rotatable bonds is 2. The fourth-order valence-corrected chi connectivity index (χ4v) is 3.92. The lowest BCUT2D eigenvalue weighted by Crippen LogP contribution is -2.34. The van der Waals surface area contributed by atoms with Gasteiger partial charge in [-0.25, -0.2) is 8.42 Å². The van der Waals surface area contributed by atoms with Gasteiger partial charge in [0, 0.05) is 12.6 Å². The van der Waals surface area contributed by atoms with Crippen LogP contribution in [-0.4, -0.2) is 25.3 Å². The molecular weight excluding hydrogens is 224 g/mol. The lowest BCUT2D eigenvalue weighted by atomic mass is 10.3. The van der Waals surface area contributed by atoms with E-state index in [-0.39, 0.29) is 10.9 Å². The van der Waals surface area contributed by atoms with E-state index in [2.05, 4.69) is 0 Å². The zero-order valence-electron chi connectivity index (χ0n) is 9.26. The Balaban J connectivity index is 2.43. The maximum absolute atomic E-state index is 12.3. The third-order valence-electron chi connectivity index (χ3n) is 3.00. The van der Waals surface area contributed by atoms with Crippen LogP contribution in [-0.2, 0) is 10.0 Å². The minimum atomic E-state index is -3.41. The molecule has 0 amide bonds. The van der Waals surface area contributed by atoms with Gasteiger partial charge in [-0.05, 0) is 31.9 Å². The highest BCUT2D eigenvalue weighted by Crippen LogP contribution is 2.28. The van der Waals surface area contributed by atoms with Gasteiger partial charge in [-0.3, -0.25) is 0 Å². The Labute approximate surface area is 96.1 Å². The summed E-state index contributed by atoms with van der Waals surface area (Å²) >= 11 is 0. The average molecular weight is 240 g/mol. The van der Waals surface area contributed by atoms with Crippen molar-refractivity contribution in [3.63, 3.8) is 0 Å². The van der Waals surface area contributed by atoms with Gasteiger partial charge in [0.15, 0.2) is 0 Å². The molecule has 1 atom stereocenters. The third-order valence-corrected chi connectivity index (χ3v) is 5.09. The van der Waals surface area contributed by atoms with Crippen molar-refractivity contribution in [3.8, 4) is 0 Å². The van der Waals surface area contributed by atoms with E-state index in [9.17, 15) is 8.42 Å². The van der Waals surface area contributed by atoms with E-state index >= 15 is 0 Å². The predicted octanol–water partition coefficient (Wildman–Crippen LogP) is 1.44. The number of hydrogen-bond donors (Lipinski definition) is 1. The summed E-state index contributed by atoms with van der Waals surface area (Å²) in [5, 5.41) is 0. The van der Waals surface area contributed by atoms with Crippen LogP contribution in [0, 0.1) is 0 Å². The van der Waals surface area contributed by atoms with Crippen LogP contribution < -0.4 is 5.73 Å². The molecule has 2 N–H and O–H groups in total. The molecule has 1 aromatic carbocycles. The van der Waals surface area contributed by atoms with Crippen LogP contribution in [0.5, 0.6) is 0 Å². The van der Waals surface area contributed by atoms with Crippen molar-refractivity contribution >= 4 is 15.7 Å². The summed E-state index contributed by atoms with van der Waals surface area (Å²) in [4.78, 5) is 0.226. The Hall–Kier alpha value is -1.07. The standard InChI is InChI=1S/C11H16N2O2S/c1-9-5-4-8-13(9)16(14,15)11-7-3-2-6-10(11)12/h2-3,6-7,9H,4-5,8,12H2,1H3. The first-order valence-electron chi connectivity index (χ1n) is 5.40. The fourth-order valence-electron chi connectivity index (χ4n) is 2.11. The second kappa shape index (κ2) is 4.07. The van der Waals surface area contributed by atoms with Gasteiger partial charge < -0.3 is 5.73 Å². The monoisotopic (exact) mass is 240 g/mol. The quantitative estimate of drug-likeness (QED) is 0.796. The lowest BCUT2D eigenvalue weighted by molar-refractivity contribution is 0.408. The zero-order valence-corrected chi connectivity index (χ0v) is 10.1. The molecule has 16 heavy (non-hydrogen) atoms. The van der Waals surface area contributed by atoms with Crippen molar-refractivity contribution in [2.45, 2.75) is 30.7 Å². The van der Waals surface area contributed by atoms with Crippen LogP contribution in [0.1, 0.15) is 19.8 Å². The fraction of sp³-hybridized carbons (Fsp3) is 0.455. The first kappa shape index (κ1) is 11.4. The molecule has 88 valence electrons. The van der Waals surface area contributed by atoms with Gasteiger partial charge in [-0.2, -0.15) is 4.31 Å². The van der Waals surface area contributed by atoms with Gasteiger partial charge in [0.1, 0.15) is 4.90 Å². The first-order chi connectivity index (χ1) is 7.53. The predicted molar refractivity (Wildman–Crippen MR) is 63.4 cm³/mol. The molecule has 0 bridgehead atoms. The lowest BCUT2D eigenvalue weighted by Gasteiger charge is -2.21. The van der Waals surface area contributed by atoms with Crippen LogP contribution in [0.2, 0.25) is 0 Å². The number of benzene rings is 1. The number of hydrogen-bond acceptors (Lipinski definition) is 3. The van der Waals surface area contributed by atoms with Crippen LogP contribution in [0.3, 0.4) is 0 Å². The molecule has 0 aliphatic carbocycles. The average Bonchev–Trinajstić information content (AvgIpc) is 2.65. The van der Waals surface area contributed by atoms with Gasteiger partial charge in [0.2, 0.25) is 10.0 Å². The third kappa shape index (κ3) is 1.81. The molecule has 1 aliphatic heterocycles. The Bertz CT molecular complexity index is 485. The molecule has 0 saturated carbocycles. The summed E-state index contributed by atoms with van der Waals surface area (Å²) in [6.45, 7) is 2.53. The maximum atomic E-state index is 12.3. The van der Waals surface area contributed by atoms with E-state index < -0.39 is 10.0 Å². The van der Waals surface area contributed by atoms with E-state index in [1.807, 2.05) is 6.92 Å². The van der Waals surface area contributed by atoms with E-state index in [4.69, 9.17) is 5.73 Å². The molecule has 0 spiro atoms. The normalized spacial score (nSPS) is 22.4. The second-order valence-electron chi connectivity index (χ2n) is 4.14. The van der Waals surface area contributed by atoms with Gasteiger partial charge in [0.25, 0.3) is 0 Å². The molecule has 5 heteroatoms. The number of nitrogen functional groups attached to an aromatic ring is 1. The van der Waals surface area contributed by atoms with Crippen molar-refractivity contribution in [2.24, 2.45) is 0 Å². The first-order valence-corrected chi connectivity index (χ1v) is 6.84. The number of nitrogens with two attached hydrogens (primary N) is 1. The summed E-state index contributed by atoms with van der Waals surface area (Å²) < 4.78 is 26.2. The highest BCUT2D eigenvalue weighted by molar-refractivity contribution is 7.89. The number of sulfonamides is 1. The number of anilines is 1. The van der Waals surface area contributed by atoms with Crippen molar-refractivity contribution in [3.05, 3.63) is 24.3 Å². The molecule has 1 aromatic rings. The van der Waals surface area contributed by atoms with Crippen molar-refractivity contribution < 1.29 is 8.42 Å². The summed E-state index contributed by atoms with van der Waals surface area (Å²) in [7, 11) is -3.41. The summed E-state index contributed by atoms with van der Waals surface area (Å²) in [6.07, 6.45) is 1.85. The number of nitrogens with zero attached hydrogens (tertiary/aromatic N) is 1. The van der Waals surface area contributed by atoms with Crippen molar-refractivity contribution in [2.75, 3.05) is 12.3 Å². The smallest absolute Gasteiger partial charge is 0.245 e. The Morgan fingerprint density at radius 1 is 1.38 bits per heavy atom. The van der Waals surface area contributed by atoms with E-state index in [1.54, 1.807) is 28.6 Å². The topological polar surface area (TPSA) is 63.4 Å². The highest BCUT2D eigenvalue weighted by atomic mass is 32.2. The zero-order chi connectivity index (χ0) is 11.8. The molecule has 1 heterocycles. The minimum absolute atomic E-state index is 0.0737. The molecule has 2 rings (SSSR count). The molecule has 1 saturated heterocycles. The molecular formula is C11H16N2O2S. The molecule has 1 unspecified atom stereocenters. The molecule has 4 nitrogen and oxygen atoms in total. The van der Waals surface area contributed by atoms with E-state index in [1.165, 1.54) is 0 Å². The van der Waals surface area contributed by atoms with Gasteiger partial charge in [-0.1, -0.05) is 12.1 Å². The number of para-hydroxylation sites is 1. The van der Waals surface area contributed by atoms with Gasteiger partial charge in [0.05, 0.1) is 5.69 Å². The second-order valence-corrected chi connectivity index (χ2v) is 6.00. The Kier molecular flexibility index (Phi) is 2.90. The van der Waals surface area contributed by atoms with Crippen LogP contribution >= 0.6 is 0 Å². The highest BCUT2D eigenvalue weighted by Gasteiger charge is 2.33. The largest absolute Gasteiger partial charge is 0.398 e. The summed E-state index contributed by atoms with van der Waals surface area (Å²) in [5.74, 6) is 0. The molecule has 0 aromatic heterocycles.